The predicted molar refractivity (Wildman–Crippen MR) is 105 cm³/mol. The molecular formula is C16H36NiO12P2. The monoisotopic (exact) mass is 540 g/mol. The summed E-state index contributed by atoms with van der Waals surface area (Å²) in [5.41, 5.74) is 0. The molecule has 12 nitrogen and oxygen atoms in total. The topological polar surface area (TPSA) is 154 Å². The van der Waals surface area contributed by atoms with Crippen molar-refractivity contribution >= 4 is 15.6 Å². The molecule has 0 unspecified atom stereocenters. The van der Waals surface area contributed by atoms with Crippen molar-refractivity contribution < 1.29 is 72.5 Å². The summed E-state index contributed by atoms with van der Waals surface area (Å²) < 4.78 is 59.7. The van der Waals surface area contributed by atoms with Crippen molar-refractivity contribution in [2.75, 3.05) is 79.3 Å². The molecule has 0 aromatic heterocycles. The van der Waals surface area contributed by atoms with Crippen LogP contribution in [0.3, 0.4) is 0 Å². The predicted octanol–water partition coefficient (Wildman–Crippen LogP) is 1.12. The fourth-order valence-electron chi connectivity index (χ4n) is 1.48. The Balaban J connectivity index is -0.000000490. The van der Waals surface area contributed by atoms with Gasteiger partial charge < -0.3 is 46.8 Å². The van der Waals surface area contributed by atoms with E-state index in [4.69, 9.17) is 18.9 Å². The van der Waals surface area contributed by atoms with Gasteiger partial charge >= 0.3 is 16.5 Å². The van der Waals surface area contributed by atoms with E-state index in [-0.39, 0.29) is 69.3 Å². The van der Waals surface area contributed by atoms with Gasteiger partial charge in [-0.05, 0) is 27.7 Å². The Morgan fingerprint density at radius 2 is 0.677 bits per heavy atom. The third-order valence-electron chi connectivity index (χ3n) is 2.72. The van der Waals surface area contributed by atoms with E-state index in [9.17, 15) is 18.9 Å². The molecule has 0 saturated heterocycles. The number of phosphoric acid groups is 2. The number of rotatable bonds is 20. The number of hydrogen-bond acceptors (Lipinski definition) is 12. The summed E-state index contributed by atoms with van der Waals surface area (Å²) in [7, 11) is -8.37. The molecule has 0 aliphatic heterocycles. The zero-order valence-electron chi connectivity index (χ0n) is 18.6. The third kappa shape index (κ3) is 30.6. The average Bonchev–Trinajstić information content (AvgIpc) is 2.70. The van der Waals surface area contributed by atoms with Gasteiger partial charge in [0, 0.05) is 26.4 Å². The van der Waals surface area contributed by atoms with Gasteiger partial charge in [0.1, 0.15) is 0 Å². The Morgan fingerprint density at radius 1 is 0.484 bits per heavy atom. The van der Waals surface area contributed by atoms with E-state index in [0.29, 0.717) is 26.4 Å². The molecule has 31 heavy (non-hydrogen) atoms. The summed E-state index contributed by atoms with van der Waals surface area (Å²) in [6.45, 7) is 10.2. The van der Waals surface area contributed by atoms with E-state index in [0.717, 1.165) is 0 Å². The maximum Gasteiger partial charge on any atom is 2.00 e. The van der Waals surface area contributed by atoms with Gasteiger partial charge in [0.25, 0.3) is 15.6 Å². The van der Waals surface area contributed by atoms with Crippen LogP contribution in [0.4, 0.5) is 0 Å². The molecule has 0 aliphatic rings. The smallest absolute Gasteiger partial charge is 0.756 e. The minimum atomic E-state index is -4.18. The van der Waals surface area contributed by atoms with E-state index in [2.05, 4.69) is 18.1 Å². The van der Waals surface area contributed by atoms with Crippen molar-refractivity contribution in [1.29, 1.82) is 0 Å². The van der Waals surface area contributed by atoms with Gasteiger partial charge in [0.15, 0.2) is 0 Å². The van der Waals surface area contributed by atoms with Gasteiger partial charge in [0.2, 0.25) is 0 Å². The quantitative estimate of drug-likeness (QED) is 0.123. The summed E-state index contributed by atoms with van der Waals surface area (Å²) in [6.07, 6.45) is 0. The fourth-order valence-corrected chi connectivity index (χ4v) is 2.83. The molecule has 0 radical (unpaired) electrons. The molecule has 0 heterocycles. The normalized spacial score (nSPS) is 11.5. The minimum absolute atomic E-state index is 0. The Hall–Kier alpha value is 0.554. The Morgan fingerprint density at radius 3 is 0.839 bits per heavy atom. The second kappa shape index (κ2) is 25.2. The largest absolute Gasteiger partial charge is 2.00 e. The van der Waals surface area contributed by atoms with Crippen LogP contribution in [0, 0.1) is 0 Å². The van der Waals surface area contributed by atoms with E-state index in [1.807, 2.05) is 27.7 Å². The Kier molecular flexibility index (Phi) is 29.3. The summed E-state index contributed by atoms with van der Waals surface area (Å²) in [5, 5.41) is 0. The van der Waals surface area contributed by atoms with Crippen LogP contribution in [0.25, 0.3) is 0 Å². The maximum atomic E-state index is 11.0. The van der Waals surface area contributed by atoms with E-state index < -0.39 is 15.6 Å². The SMILES string of the molecule is CCOCCOP(=O)([O-])OCCOCC.CCOCCOP(=O)([O-])OCCOCC.[Ni+2]. The first-order valence-electron chi connectivity index (χ1n) is 9.75. The van der Waals surface area contributed by atoms with Gasteiger partial charge in [-0.25, -0.2) is 0 Å². The summed E-state index contributed by atoms with van der Waals surface area (Å²) >= 11 is 0. The zero-order chi connectivity index (χ0) is 23.1. The first-order valence-corrected chi connectivity index (χ1v) is 12.7. The van der Waals surface area contributed by atoms with Gasteiger partial charge in [-0.1, -0.05) is 0 Å². The first-order chi connectivity index (χ1) is 14.2. The van der Waals surface area contributed by atoms with Gasteiger partial charge in [-0.3, -0.25) is 9.13 Å². The van der Waals surface area contributed by atoms with Crippen molar-refractivity contribution in [3.05, 3.63) is 0 Å². The number of phosphoric ester groups is 2. The van der Waals surface area contributed by atoms with Gasteiger partial charge in [0.05, 0.1) is 52.9 Å². The van der Waals surface area contributed by atoms with Crippen LogP contribution in [0.1, 0.15) is 27.7 Å². The molecule has 0 amide bonds. The van der Waals surface area contributed by atoms with E-state index in [1.165, 1.54) is 0 Å². The van der Waals surface area contributed by atoms with Crippen molar-refractivity contribution in [2.24, 2.45) is 0 Å². The minimum Gasteiger partial charge on any atom is -0.756 e. The molecule has 0 aromatic rings. The van der Waals surface area contributed by atoms with Crippen molar-refractivity contribution in [1.82, 2.24) is 0 Å². The average molecular weight is 541 g/mol. The second-order valence-corrected chi connectivity index (χ2v) is 7.84. The molecule has 0 aromatic carbocycles. The van der Waals surface area contributed by atoms with Crippen molar-refractivity contribution in [2.45, 2.75) is 27.7 Å². The molecule has 0 spiro atoms. The molecule has 0 aliphatic carbocycles. The van der Waals surface area contributed by atoms with Crippen LogP contribution in [-0.4, -0.2) is 79.3 Å². The van der Waals surface area contributed by atoms with E-state index >= 15 is 0 Å². The first kappa shape index (κ1) is 36.1. The summed E-state index contributed by atoms with van der Waals surface area (Å²) in [4.78, 5) is 22.1. The molecular weight excluding hydrogens is 505 g/mol. The Bertz CT molecular complexity index is 386. The number of ether oxygens (including phenoxy) is 4. The van der Waals surface area contributed by atoms with Crippen LogP contribution in [0.2, 0.25) is 0 Å². The summed E-state index contributed by atoms with van der Waals surface area (Å²) in [6, 6.07) is 0. The molecule has 0 saturated carbocycles. The zero-order valence-corrected chi connectivity index (χ0v) is 21.4. The van der Waals surface area contributed by atoms with Gasteiger partial charge in [-0.15, -0.1) is 0 Å². The van der Waals surface area contributed by atoms with Crippen LogP contribution in [0.15, 0.2) is 0 Å². The van der Waals surface area contributed by atoms with Crippen LogP contribution < -0.4 is 9.79 Å². The molecule has 0 atom stereocenters. The van der Waals surface area contributed by atoms with Crippen LogP contribution in [-0.2, 0) is 62.7 Å². The molecule has 0 rings (SSSR count). The third-order valence-corrected chi connectivity index (χ3v) is 4.72. The second-order valence-electron chi connectivity index (χ2n) is 5.02. The van der Waals surface area contributed by atoms with Crippen molar-refractivity contribution in [3.63, 3.8) is 0 Å². The number of hydrogen-bond donors (Lipinski definition) is 0. The standard InChI is InChI=1S/2C8H19O6P.Ni/c2*1-3-11-5-7-13-15(9,10)14-8-6-12-4-2;/h2*3-8H2,1-2H3,(H,9,10);/q;;+2/p-2. The molecule has 0 bridgehead atoms. The van der Waals surface area contributed by atoms with Crippen LogP contribution >= 0.6 is 15.6 Å². The Labute approximate surface area is 195 Å². The van der Waals surface area contributed by atoms with Crippen LogP contribution in [0.5, 0.6) is 0 Å². The fraction of sp³-hybridized carbons (Fsp3) is 1.00. The molecule has 192 valence electrons. The molecule has 0 fully saturated rings. The van der Waals surface area contributed by atoms with Gasteiger partial charge in [-0.2, -0.15) is 0 Å². The molecule has 15 heteroatoms. The maximum absolute atomic E-state index is 11.0. The summed E-state index contributed by atoms with van der Waals surface area (Å²) in [5.74, 6) is 0. The van der Waals surface area contributed by atoms with E-state index in [1.54, 1.807) is 0 Å². The van der Waals surface area contributed by atoms with Crippen molar-refractivity contribution in [3.8, 4) is 0 Å². The molecule has 0 N–H and O–H groups in total.